The third-order valence-electron chi connectivity index (χ3n) is 1.81. The summed E-state index contributed by atoms with van der Waals surface area (Å²) in [7, 11) is 0. The van der Waals surface area contributed by atoms with Crippen molar-refractivity contribution in [2.45, 2.75) is 53.6 Å². The Hall–Kier alpha value is -1.24. The summed E-state index contributed by atoms with van der Waals surface area (Å²) < 4.78 is 5.32. The number of carbonyl (C=O) groups is 1. The van der Waals surface area contributed by atoms with Gasteiger partial charge in [0.2, 0.25) is 0 Å². The van der Waals surface area contributed by atoms with Crippen molar-refractivity contribution in [3.05, 3.63) is 0 Å². The van der Waals surface area contributed by atoms with Gasteiger partial charge in [0.15, 0.2) is 0 Å². The molecule has 0 N–H and O–H groups in total. The normalized spacial score (nSPS) is 11.8. The highest BCUT2D eigenvalue weighted by molar-refractivity contribution is 5.68. The first-order valence-electron chi connectivity index (χ1n) is 5.90. The molecule has 0 rings (SSSR count). The summed E-state index contributed by atoms with van der Waals surface area (Å²) in [5, 5.41) is 8.60. The van der Waals surface area contributed by atoms with E-state index in [1.807, 2.05) is 20.8 Å². The average molecular weight is 240 g/mol. The van der Waals surface area contributed by atoms with Crippen LogP contribution in [0, 0.1) is 16.7 Å². The van der Waals surface area contributed by atoms with Gasteiger partial charge >= 0.3 is 6.09 Å². The molecule has 0 bridgehead atoms. The molecule has 0 aromatic carbocycles. The molecule has 4 heteroatoms. The van der Waals surface area contributed by atoms with Gasteiger partial charge in [-0.1, -0.05) is 20.8 Å². The summed E-state index contributed by atoms with van der Waals surface area (Å²) in [6.07, 6.45) is -0.0161. The van der Waals surface area contributed by atoms with Crippen molar-refractivity contribution >= 4 is 6.09 Å². The van der Waals surface area contributed by atoms with Crippen LogP contribution in [0.15, 0.2) is 0 Å². The van der Waals surface area contributed by atoms with Crippen molar-refractivity contribution in [3.8, 4) is 6.07 Å². The van der Waals surface area contributed by atoms with E-state index in [0.29, 0.717) is 19.5 Å². The third-order valence-corrected chi connectivity index (χ3v) is 1.81. The minimum absolute atomic E-state index is 0.00758. The second-order valence-corrected chi connectivity index (χ2v) is 6.37. The Bertz CT molecular complexity index is 292. The standard InChI is InChI=1S/C13H24N2O2/c1-12(2,3)10-15(9-7-8-14)11(16)17-13(4,5)6/h7,9-10H2,1-6H3. The van der Waals surface area contributed by atoms with Crippen molar-refractivity contribution in [1.82, 2.24) is 4.90 Å². The summed E-state index contributed by atoms with van der Waals surface area (Å²) in [6, 6.07) is 2.05. The lowest BCUT2D eigenvalue weighted by molar-refractivity contribution is 0.0193. The Labute approximate surface area is 105 Å². The highest BCUT2D eigenvalue weighted by atomic mass is 16.6. The summed E-state index contributed by atoms with van der Waals surface area (Å²) in [6.45, 7) is 12.7. The number of ether oxygens (including phenoxy) is 1. The van der Waals surface area contributed by atoms with Gasteiger partial charge in [0.25, 0.3) is 0 Å². The van der Waals surface area contributed by atoms with Crippen LogP contribution in [0.1, 0.15) is 48.0 Å². The smallest absolute Gasteiger partial charge is 0.410 e. The fourth-order valence-electron chi connectivity index (χ4n) is 1.32. The van der Waals surface area contributed by atoms with Crippen molar-refractivity contribution in [1.29, 1.82) is 5.26 Å². The van der Waals surface area contributed by atoms with E-state index >= 15 is 0 Å². The largest absolute Gasteiger partial charge is 0.444 e. The van der Waals surface area contributed by atoms with Gasteiger partial charge in [-0.2, -0.15) is 5.26 Å². The molecule has 0 aromatic rings. The Morgan fingerprint density at radius 2 is 1.76 bits per heavy atom. The predicted molar refractivity (Wildman–Crippen MR) is 67.5 cm³/mol. The van der Waals surface area contributed by atoms with E-state index in [1.54, 1.807) is 4.90 Å². The van der Waals surface area contributed by atoms with Gasteiger partial charge in [-0.3, -0.25) is 0 Å². The van der Waals surface area contributed by atoms with E-state index < -0.39 is 5.60 Å². The second kappa shape index (κ2) is 5.90. The van der Waals surface area contributed by atoms with Crippen LogP contribution in [0.5, 0.6) is 0 Å². The number of nitrogens with zero attached hydrogens (tertiary/aromatic N) is 2. The molecule has 98 valence electrons. The molecule has 17 heavy (non-hydrogen) atoms. The molecule has 0 spiro atoms. The molecule has 0 aliphatic rings. The fourth-order valence-corrected chi connectivity index (χ4v) is 1.32. The Balaban J connectivity index is 4.58. The van der Waals surface area contributed by atoms with E-state index in [9.17, 15) is 4.79 Å². The monoisotopic (exact) mass is 240 g/mol. The van der Waals surface area contributed by atoms with E-state index in [-0.39, 0.29) is 11.5 Å². The number of hydrogen-bond donors (Lipinski definition) is 0. The van der Waals surface area contributed by atoms with Crippen LogP contribution in [-0.2, 0) is 4.74 Å². The quantitative estimate of drug-likeness (QED) is 0.761. The van der Waals surface area contributed by atoms with Crippen LogP contribution in [0.3, 0.4) is 0 Å². The Morgan fingerprint density at radius 3 is 2.12 bits per heavy atom. The molecular formula is C13H24N2O2. The van der Waals surface area contributed by atoms with Crippen molar-refractivity contribution < 1.29 is 9.53 Å². The third kappa shape index (κ3) is 8.56. The number of hydrogen-bond acceptors (Lipinski definition) is 3. The molecule has 0 atom stereocenters. The zero-order chi connectivity index (χ0) is 13.7. The predicted octanol–water partition coefficient (Wildman–Crippen LogP) is 3.18. The number of rotatable bonds is 3. The molecule has 0 aromatic heterocycles. The van der Waals surface area contributed by atoms with Crippen LogP contribution in [0.4, 0.5) is 4.79 Å². The van der Waals surface area contributed by atoms with Crippen LogP contribution >= 0.6 is 0 Å². The van der Waals surface area contributed by atoms with E-state index in [4.69, 9.17) is 10.00 Å². The maximum absolute atomic E-state index is 11.9. The van der Waals surface area contributed by atoms with Crippen molar-refractivity contribution in [3.63, 3.8) is 0 Å². The average Bonchev–Trinajstić information content (AvgIpc) is 2.07. The number of nitriles is 1. The first-order chi connectivity index (χ1) is 7.55. The molecule has 4 nitrogen and oxygen atoms in total. The number of amides is 1. The van der Waals surface area contributed by atoms with Gasteiger partial charge in [0.1, 0.15) is 5.60 Å². The van der Waals surface area contributed by atoms with Gasteiger partial charge in [0.05, 0.1) is 12.5 Å². The molecule has 0 aliphatic carbocycles. The minimum Gasteiger partial charge on any atom is -0.444 e. The van der Waals surface area contributed by atoms with Gasteiger partial charge < -0.3 is 9.64 Å². The lowest BCUT2D eigenvalue weighted by Crippen LogP contribution is -2.41. The molecule has 1 amide bonds. The topological polar surface area (TPSA) is 53.3 Å². The van der Waals surface area contributed by atoms with Crippen LogP contribution in [0.25, 0.3) is 0 Å². The number of carbonyl (C=O) groups excluding carboxylic acids is 1. The zero-order valence-electron chi connectivity index (χ0n) is 11.8. The summed E-state index contributed by atoms with van der Waals surface area (Å²) in [4.78, 5) is 13.5. The molecule has 0 aliphatic heterocycles. The maximum Gasteiger partial charge on any atom is 0.410 e. The summed E-state index contributed by atoms with van der Waals surface area (Å²) >= 11 is 0. The zero-order valence-corrected chi connectivity index (χ0v) is 11.8. The summed E-state index contributed by atoms with van der Waals surface area (Å²) in [5.41, 5.74) is -0.508. The lowest BCUT2D eigenvalue weighted by atomic mass is 9.96. The molecule has 0 fully saturated rings. The lowest BCUT2D eigenvalue weighted by Gasteiger charge is -2.31. The fraction of sp³-hybridized carbons (Fsp3) is 0.846. The first-order valence-corrected chi connectivity index (χ1v) is 5.90. The van der Waals surface area contributed by atoms with Gasteiger partial charge in [-0.15, -0.1) is 0 Å². The van der Waals surface area contributed by atoms with E-state index in [0.717, 1.165) is 0 Å². The molecule has 0 unspecified atom stereocenters. The SMILES string of the molecule is CC(C)(C)CN(CCC#N)C(=O)OC(C)(C)C. The van der Waals surface area contributed by atoms with Crippen LogP contribution in [0.2, 0.25) is 0 Å². The van der Waals surface area contributed by atoms with Crippen LogP contribution in [-0.4, -0.2) is 29.7 Å². The highest BCUT2D eigenvalue weighted by Crippen LogP contribution is 2.18. The molecule has 0 heterocycles. The Kier molecular flexibility index (Phi) is 5.47. The molecule has 0 saturated heterocycles. The maximum atomic E-state index is 11.9. The van der Waals surface area contributed by atoms with Gasteiger partial charge in [0, 0.05) is 13.1 Å². The second-order valence-electron chi connectivity index (χ2n) is 6.37. The Morgan fingerprint density at radius 1 is 1.24 bits per heavy atom. The van der Waals surface area contributed by atoms with E-state index in [1.165, 1.54) is 0 Å². The highest BCUT2D eigenvalue weighted by Gasteiger charge is 2.25. The molecule has 0 radical (unpaired) electrons. The van der Waals surface area contributed by atoms with Gasteiger partial charge in [-0.05, 0) is 26.2 Å². The van der Waals surface area contributed by atoms with Crippen molar-refractivity contribution in [2.75, 3.05) is 13.1 Å². The molecular weight excluding hydrogens is 216 g/mol. The van der Waals surface area contributed by atoms with Gasteiger partial charge in [-0.25, -0.2) is 4.79 Å². The van der Waals surface area contributed by atoms with Crippen LogP contribution < -0.4 is 0 Å². The first kappa shape index (κ1) is 15.8. The van der Waals surface area contributed by atoms with Crippen molar-refractivity contribution in [2.24, 2.45) is 5.41 Å². The summed E-state index contributed by atoms with van der Waals surface area (Å²) in [5.74, 6) is 0. The molecule has 0 saturated carbocycles. The minimum atomic E-state index is -0.500. The van der Waals surface area contributed by atoms with E-state index in [2.05, 4.69) is 26.8 Å².